The van der Waals surface area contributed by atoms with E-state index in [1.807, 2.05) is 6.08 Å². The van der Waals surface area contributed by atoms with Crippen LogP contribution in [0.5, 0.6) is 0 Å². The second kappa shape index (κ2) is 63.6. The Hall–Kier alpha value is -1.79. The Morgan fingerprint density at radius 2 is 0.688 bits per heavy atom. The summed E-state index contributed by atoms with van der Waals surface area (Å²) in [4.78, 5) is 13.4. The van der Waals surface area contributed by atoms with Gasteiger partial charge in [-0.3, -0.25) is 4.79 Å². The summed E-state index contributed by atoms with van der Waals surface area (Å²) >= 11 is 0. The minimum absolute atomic E-state index is 0.246. The van der Waals surface area contributed by atoms with E-state index in [0.29, 0.717) is 12.8 Å². The number of nitrogens with one attached hydrogen (secondary N) is 1. The predicted octanol–water partition coefficient (Wildman–Crippen LogP) is 17.6. The number of ether oxygens (including phenoxy) is 4. The topological polar surface area (TPSA) is 228 Å². The highest BCUT2D eigenvalue weighted by Gasteiger charge is 2.51. The molecule has 0 aromatic rings. The highest BCUT2D eigenvalue weighted by molar-refractivity contribution is 5.76. The zero-order chi connectivity index (χ0) is 67.3. The smallest absolute Gasteiger partial charge is 0.220 e. The lowest BCUT2D eigenvalue weighted by Crippen LogP contribution is -2.65. The van der Waals surface area contributed by atoms with Crippen LogP contribution < -0.4 is 5.32 Å². The summed E-state index contributed by atoms with van der Waals surface area (Å²) in [6, 6.07) is -0.937. The number of hydrogen-bond donors (Lipinski definition) is 9. The summed E-state index contributed by atoms with van der Waals surface area (Å²) in [5, 5.41) is 87.5. The molecular weight excluding hydrogens is 1170 g/mol. The molecule has 0 radical (unpaired) electrons. The summed E-state index contributed by atoms with van der Waals surface area (Å²) in [6.45, 7) is 2.83. The Morgan fingerprint density at radius 3 is 1.05 bits per heavy atom. The first-order valence-electron chi connectivity index (χ1n) is 39.7. The van der Waals surface area contributed by atoms with Crippen LogP contribution in [0.4, 0.5) is 0 Å². The van der Waals surface area contributed by atoms with Crippen LogP contribution in [0.3, 0.4) is 0 Å². The summed E-state index contributed by atoms with van der Waals surface area (Å²) in [5.41, 5.74) is 0. The molecule has 93 heavy (non-hydrogen) atoms. The molecule has 0 aliphatic carbocycles. The van der Waals surface area contributed by atoms with Gasteiger partial charge in [0.25, 0.3) is 0 Å². The van der Waals surface area contributed by atoms with Crippen molar-refractivity contribution in [2.75, 3.05) is 19.8 Å². The van der Waals surface area contributed by atoms with E-state index in [0.717, 1.165) is 44.9 Å². The van der Waals surface area contributed by atoms with Gasteiger partial charge in [-0.25, -0.2) is 0 Å². The Labute approximate surface area is 570 Å². The van der Waals surface area contributed by atoms with Crippen molar-refractivity contribution in [2.45, 2.75) is 441 Å². The first-order chi connectivity index (χ1) is 45.6. The van der Waals surface area contributed by atoms with Crippen molar-refractivity contribution >= 4 is 5.91 Å². The highest BCUT2D eigenvalue weighted by atomic mass is 16.7. The number of amides is 1. The van der Waals surface area contributed by atoms with Gasteiger partial charge in [-0.05, 0) is 44.9 Å². The summed E-state index contributed by atoms with van der Waals surface area (Å²) in [6.07, 6.45) is 66.8. The predicted molar refractivity (Wildman–Crippen MR) is 383 cm³/mol. The van der Waals surface area contributed by atoms with Crippen molar-refractivity contribution in [3.05, 3.63) is 36.5 Å². The molecule has 12 unspecified atom stereocenters. The van der Waals surface area contributed by atoms with Crippen molar-refractivity contribution < 1.29 is 64.6 Å². The Balaban J connectivity index is 1.57. The summed E-state index contributed by atoms with van der Waals surface area (Å²) in [7, 11) is 0. The summed E-state index contributed by atoms with van der Waals surface area (Å²) < 4.78 is 22.9. The fourth-order valence-electron chi connectivity index (χ4n) is 13.3. The van der Waals surface area contributed by atoms with Crippen molar-refractivity contribution in [1.82, 2.24) is 5.32 Å². The van der Waals surface area contributed by atoms with E-state index in [2.05, 4.69) is 43.5 Å². The monoisotopic (exact) mass is 1320 g/mol. The van der Waals surface area contributed by atoms with Crippen LogP contribution in [-0.4, -0.2) is 140 Å². The minimum atomic E-state index is -1.79. The Kier molecular flexibility index (Phi) is 59.7. The Bertz CT molecular complexity index is 1700. The lowest BCUT2D eigenvalue weighted by atomic mass is 9.97. The van der Waals surface area contributed by atoms with Crippen LogP contribution in [0.15, 0.2) is 36.5 Å². The van der Waals surface area contributed by atoms with Crippen LogP contribution in [-0.2, 0) is 23.7 Å². The lowest BCUT2D eigenvalue weighted by molar-refractivity contribution is -0.359. The molecule has 548 valence electrons. The van der Waals surface area contributed by atoms with Gasteiger partial charge < -0.3 is 65.1 Å². The van der Waals surface area contributed by atoms with Crippen molar-refractivity contribution in [3.8, 4) is 0 Å². The Morgan fingerprint density at radius 1 is 0.376 bits per heavy atom. The summed E-state index contributed by atoms with van der Waals surface area (Å²) in [5.74, 6) is -0.246. The van der Waals surface area contributed by atoms with Gasteiger partial charge in [0.15, 0.2) is 12.6 Å². The van der Waals surface area contributed by atoms with Crippen molar-refractivity contribution in [3.63, 3.8) is 0 Å². The molecule has 0 aromatic carbocycles. The molecular formula is C79H149NO13. The molecule has 0 bridgehead atoms. The molecule has 14 nitrogen and oxygen atoms in total. The number of unbranched alkanes of at least 4 members (excludes halogenated alkanes) is 50. The number of carbonyl (C=O) groups is 1. The second-order valence-corrected chi connectivity index (χ2v) is 28.2. The normalized spacial score (nSPS) is 22.7. The third-order valence-electron chi connectivity index (χ3n) is 19.6. The zero-order valence-corrected chi connectivity index (χ0v) is 60.0. The largest absolute Gasteiger partial charge is 0.394 e. The molecule has 2 aliphatic rings. The molecule has 0 spiro atoms. The van der Waals surface area contributed by atoms with Gasteiger partial charge in [-0.15, -0.1) is 0 Å². The van der Waals surface area contributed by atoms with E-state index in [1.54, 1.807) is 6.08 Å². The quantitative estimate of drug-likeness (QED) is 0.0204. The van der Waals surface area contributed by atoms with Crippen LogP contribution in [0.2, 0.25) is 0 Å². The van der Waals surface area contributed by atoms with Crippen LogP contribution in [0, 0.1) is 0 Å². The number of hydrogen-bond acceptors (Lipinski definition) is 13. The lowest BCUT2D eigenvalue weighted by Gasteiger charge is -2.46. The molecule has 2 saturated heterocycles. The van der Waals surface area contributed by atoms with E-state index in [4.69, 9.17) is 18.9 Å². The number of rotatable bonds is 67. The van der Waals surface area contributed by atoms with E-state index < -0.39 is 86.8 Å². The zero-order valence-electron chi connectivity index (χ0n) is 60.0. The third-order valence-corrected chi connectivity index (χ3v) is 19.6. The van der Waals surface area contributed by atoms with Gasteiger partial charge in [0.05, 0.1) is 32.0 Å². The highest BCUT2D eigenvalue weighted by Crippen LogP contribution is 2.30. The third kappa shape index (κ3) is 47.0. The first-order valence-corrected chi connectivity index (χ1v) is 39.7. The number of carbonyl (C=O) groups excluding carboxylic acids is 1. The van der Waals surface area contributed by atoms with Crippen LogP contribution in [0.1, 0.15) is 367 Å². The fraction of sp³-hybridized carbons (Fsp3) is 0.911. The van der Waals surface area contributed by atoms with E-state index in [9.17, 15) is 45.6 Å². The minimum Gasteiger partial charge on any atom is -0.394 e. The second-order valence-electron chi connectivity index (χ2n) is 28.2. The SMILES string of the molecule is CCCCCCCCCCCC/C=C/CC/C=C/CC/C=C/C(O)C(COC1OC(CO)C(OC2OC(CO)C(O)C(O)C2O)C(O)C1O)NC(=O)CCCCCCCCCCCCCCCCCCCCCCCCCCCCCCCCCCCCCCCCC. The molecule has 2 fully saturated rings. The van der Waals surface area contributed by atoms with Gasteiger partial charge in [0.2, 0.25) is 5.91 Å². The maximum Gasteiger partial charge on any atom is 0.220 e. The molecule has 1 amide bonds. The van der Waals surface area contributed by atoms with Crippen molar-refractivity contribution in [2.24, 2.45) is 0 Å². The average Bonchev–Trinajstić information content (AvgIpc) is 0.852. The molecule has 0 saturated carbocycles. The van der Waals surface area contributed by atoms with Crippen LogP contribution >= 0.6 is 0 Å². The maximum atomic E-state index is 13.4. The number of aliphatic hydroxyl groups is 8. The molecule has 2 aliphatic heterocycles. The standard InChI is InChI=1S/C79H149NO13/c1-3-5-7-9-11-13-15-17-19-21-23-25-26-27-28-29-30-31-32-33-34-35-36-37-38-39-40-41-42-43-45-47-49-51-53-55-57-59-61-63-71(84)80-67(68(83)62-60-58-56-54-52-50-48-46-44-24-22-20-18-16-14-12-10-8-6-4-2)66-90-78-76(89)74(87)77(70(65-82)92-78)93-79-75(88)73(86)72(85)69(64-81)91-79/h44,46,52,54,60,62,67-70,72-79,81-83,85-89H,3-43,45,47-51,53,55-59,61,63-66H2,1-2H3,(H,80,84)/b46-44+,54-52+,62-60+. The van der Waals surface area contributed by atoms with E-state index >= 15 is 0 Å². The fourth-order valence-corrected chi connectivity index (χ4v) is 13.3. The number of aliphatic hydroxyl groups excluding tert-OH is 8. The van der Waals surface area contributed by atoms with Crippen LogP contribution in [0.25, 0.3) is 0 Å². The molecule has 9 N–H and O–H groups in total. The van der Waals surface area contributed by atoms with Gasteiger partial charge in [-0.1, -0.05) is 352 Å². The molecule has 14 heteroatoms. The number of allylic oxidation sites excluding steroid dienone is 5. The van der Waals surface area contributed by atoms with Gasteiger partial charge >= 0.3 is 0 Å². The maximum absolute atomic E-state index is 13.4. The molecule has 0 aromatic heterocycles. The molecule has 12 atom stereocenters. The van der Waals surface area contributed by atoms with Gasteiger partial charge in [-0.2, -0.15) is 0 Å². The first kappa shape index (κ1) is 87.3. The van der Waals surface area contributed by atoms with E-state index in [-0.39, 0.29) is 18.9 Å². The molecule has 2 heterocycles. The van der Waals surface area contributed by atoms with E-state index in [1.165, 1.54) is 289 Å². The average molecular weight is 1320 g/mol. The van der Waals surface area contributed by atoms with Crippen molar-refractivity contribution in [1.29, 1.82) is 0 Å². The van der Waals surface area contributed by atoms with Gasteiger partial charge in [0.1, 0.15) is 48.8 Å². The molecule has 2 rings (SSSR count). The van der Waals surface area contributed by atoms with Gasteiger partial charge in [0, 0.05) is 6.42 Å².